The predicted molar refractivity (Wildman–Crippen MR) is 191 cm³/mol. The number of urea groups is 1. The predicted octanol–water partition coefficient (Wildman–Crippen LogP) is 5.29. The maximum atomic E-state index is 12.8. The minimum atomic E-state index is -0.814. The van der Waals surface area contributed by atoms with Crippen LogP contribution in [-0.4, -0.2) is 62.3 Å². The lowest BCUT2D eigenvalue weighted by atomic mass is 9.99. The summed E-state index contributed by atoms with van der Waals surface area (Å²) < 4.78 is 19.5. The number of aromatic nitrogens is 4. The van der Waals surface area contributed by atoms with Gasteiger partial charge in [-0.15, -0.1) is 5.10 Å². The fourth-order valence-corrected chi connectivity index (χ4v) is 6.67. The Morgan fingerprint density at radius 2 is 1.67 bits per heavy atom. The first kappa shape index (κ1) is 35.7. The number of hydrogen-bond donors (Lipinski definition) is 3. The van der Waals surface area contributed by atoms with Crippen molar-refractivity contribution in [3.8, 4) is 11.1 Å². The highest BCUT2D eigenvalue weighted by Crippen LogP contribution is 2.39. The number of carbonyl (C=O) groups is 2. The summed E-state index contributed by atoms with van der Waals surface area (Å²) in [6.07, 6.45) is 0.0446. The first-order valence-corrected chi connectivity index (χ1v) is 17.6. The van der Waals surface area contributed by atoms with E-state index in [4.69, 9.17) is 14.2 Å². The lowest BCUT2D eigenvalue weighted by molar-refractivity contribution is -0.245. The number of hydrogen-bond acceptors (Lipinski definition) is 10. The zero-order valence-electron chi connectivity index (χ0n) is 28.3. The van der Waals surface area contributed by atoms with Crippen molar-refractivity contribution in [2.45, 2.75) is 55.7 Å². The molecule has 5 aromatic rings. The zero-order chi connectivity index (χ0) is 35.6. The molecule has 4 aromatic carbocycles. The van der Waals surface area contributed by atoms with Gasteiger partial charge in [-0.1, -0.05) is 109 Å². The molecular formula is C38H40N6O6S. The molecule has 1 fully saturated rings. The van der Waals surface area contributed by atoms with Gasteiger partial charge in [0.15, 0.2) is 6.29 Å². The number of aliphatic hydroxyl groups excluding tert-OH is 1. The summed E-state index contributed by atoms with van der Waals surface area (Å²) in [5.74, 6) is 0.136. The molecule has 0 spiro atoms. The van der Waals surface area contributed by atoms with E-state index in [1.165, 1.54) is 18.9 Å². The largest absolute Gasteiger partial charge is 0.467 e. The molecule has 51 heavy (non-hydrogen) atoms. The van der Waals surface area contributed by atoms with Crippen molar-refractivity contribution in [2.75, 3.05) is 12.9 Å². The van der Waals surface area contributed by atoms with Crippen molar-refractivity contribution in [3.05, 3.63) is 131 Å². The lowest BCUT2D eigenvalue weighted by Crippen LogP contribution is -2.47. The number of esters is 1. The van der Waals surface area contributed by atoms with Crippen LogP contribution in [0.3, 0.4) is 0 Å². The number of amides is 2. The third-order valence-electron chi connectivity index (χ3n) is 8.56. The van der Waals surface area contributed by atoms with E-state index in [0.717, 1.165) is 38.9 Å². The van der Waals surface area contributed by atoms with Gasteiger partial charge in [0.25, 0.3) is 0 Å². The number of nitrogens with zero attached hydrogens (tertiary/aromatic N) is 4. The van der Waals surface area contributed by atoms with Crippen LogP contribution in [-0.2, 0) is 45.6 Å². The fourth-order valence-electron chi connectivity index (χ4n) is 5.80. The van der Waals surface area contributed by atoms with Gasteiger partial charge in [-0.3, -0.25) is 0 Å². The Kier molecular flexibility index (Phi) is 12.1. The van der Waals surface area contributed by atoms with E-state index in [1.54, 1.807) is 4.68 Å². The van der Waals surface area contributed by atoms with E-state index >= 15 is 0 Å². The quantitative estimate of drug-likeness (QED) is 0.109. The molecular weight excluding hydrogens is 669 g/mol. The average molecular weight is 709 g/mol. The monoisotopic (exact) mass is 708 g/mol. The van der Waals surface area contributed by atoms with Gasteiger partial charge >= 0.3 is 12.0 Å². The van der Waals surface area contributed by atoms with Crippen LogP contribution in [0, 0.1) is 0 Å². The molecule has 3 N–H and O–H groups in total. The average Bonchev–Trinajstić information content (AvgIpc) is 3.60. The van der Waals surface area contributed by atoms with Crippen LogP contribution in [0.5, 0.6) is 0 Å². The van der Waals surface area contributed by atoms with Crippen LogP contribution >= 0.6 is 11.8 Å². The number of aryl methyl sites for hydroxylation is 1. The molecule has 264 valence electrons. The molecule has 1 aliphatic heterocycles. The molecule has 2 heterocycles. The van der Waals surface area contributed by atoms with Crippen LogP contribution in [0.4, 0.5) is 4.79 Å². The van der Waals surface area contributed by atoms with Crippen LogP contribution in [0.2, 0.25) is 0 Å². The van der Waals surface area contributed by atoms with Crippen molar-refractivity contribution in [1.29, 1.82) is 0 Å². The minimum Gasteiger partial charge on any atom is -0.467 e. The molecule has 0 radical (unpaired) electrons. The van der Waals surface area contributed by atoms with Crippen molar-refractivity contribution < 1.29 is 28.9 Å². The molecule has 0 saturated carbocycles. The number of thioether (sulfide) groups is 1. The van der Waals surface area contributed by atoms with E-state index in [2.05, 4.69) is 26.2 Å². The molecule has 0 aliphatic carbocycles. The summed E-state index contributed by atoms with van der Waals surface area (Å²) in [5.41, 5.74) is 6.53. The number of carbonyl (C=O) groups excluding carboxylic acids is 2. The number of benzene rings is 4. The van der Waals surface area contributed by atoms with Gasteiger partial charge in [-0.2, -0.15) is 0 Å². The number of nitrogens with one attached hydrogen (secondary N) is 2. The van der Waals surface area contributed by atoms with E-state index in [0.29, 0.717) is 23.8 Å². The van der Waals surface area contributed by atoms with Crippen molar-refractivity contribution in [3.63, 3.8) is 0 Å². The molecule has 4 atom stereocenters. The molecule has 2 amide bonds. The van der Waals surface area contributed by atoms with Gasteiger partial charge in [0.1, 0.15) is 6.04 Å². The van der Waals surface area contributed by atoms with Gasteiger partial charge in [0.05, 0.1) is 25.9 Å². The highest BCUT2D eigenvalue weighted by molar-refractivity contribution is 7.99. The molecule has 0 unspecified atom stereocenters. The van der Waals surface area contributed by atoms with Crippen LogP contribution in [0.15, 0.2) is 108 Å². The molecule has 1 aromatic heterocycles. The van der Waals surface area contributed by atoms with E-state index in [-0.39, 0.29) is 25.4 Å². The topological polar surface area (TPSA) is 150 Å². The summed E-state index contributed by atoms with van der Waals surface area (Å²) in [4.78, 5) is 25.1. The Bertz CT molecular complexity index is 1890. The van der Waals surface area contributed by atoms with Crippen LogP contribution < -0.4 is 10.6 Å². The summed E-state index contributed by atoms with van der Waals surface area (Å²) >= 11 is 1.54. The molecule has 6 rings (SSSR count). The second kappa shape index (κ2) is 17.2. The van der Waals surface area contributed by atoms with Crippen molar-refractivity contribution in [2.24, 2.45) is 7.05 Å². The summed E-state index contributed by atoms with van der Waals surface area (Å²) in [5, 5.41) is 27.6. The Morgan fingerprint density at radius 1 is 0.922 bits per heavy atom. The second-order valence-electron chi connectivity index (χ2n) is 12.2. The highest BCUT2D eigenvalue weighted by atomic mass is 32.2. The first-order valence-electron chi connectivity index (χ1n) is 16.6. The highest BCUT2D eigenvalue weighted by Gasteiger charge is 2.32. The number of tetrazole rings is 1. The van der Waals surface area contributed by atoms with Gasteiger partial charge in [-0.25, -0.2) is 14.3 Å². The van der Waals surface area contributed by atoms with Crippen LogP contribution in [0.25, 0.3) is 11.1 Å². The third-order valence-corrected chi connectivity index (χ3v) is 9.71. The van der Waals surface area contributed by atoms with E-state index in [1.807, 2.05) is 110 Å². The van der Waals surface area contributed by atoms with Crippen LogP contribution in [0.1, 0.15) is 46.6 Å². The molecule has 12 nitrogen and oxygen atoms in total. The number of aliphatic hydroxyl groups is 1. The molecule has 1 saturated heterocycles. The first-order chi connectivity index (χ1) is 24.9. The summed E-state index contributed by atoms with van der Waals surface area (Å²) in [6.45, 7) is 0.252. The molecule has 0 bridgehead atoms. The third kappa shape index (κ3) is 9.58. The van der Waals surface area contributed by atoms with Crippen molar-refractivity contribution >= 4 is 23.8 Å². The van der Waals surface area contributed by atoms with E-state index < -0.39 is 24.3 Å². The molecule has 1 aliphatic rings. The second-order valence-corrected chi connectivity index (χ2v) is 13.1. The zero-order valence-corrected chi connectivity index (χ0v) is 29.2. The Hall–Kier alpha value is -5.08. The Morgan fingerprint density at radius 3 is 2.37 bits per heavy atom. The van der Waals surface area contributed by atoms with Gasteiger partial charge < -0.3 is 30.0 Å². The SMILES string of the molecule is COC(=O)[C@H](Cc1ccccc1)NC(=O)NCc1cccc(-c2ccc([C@@H]3O[C@H](CSc4nnnn4C)C[C@H](c4ccc(CO)cc4)O3)cc2)c1. The normalized spacial score (nSPS) is 17.7. The summed E-state index contributed by atoms with van der Waals surface area (Å²) in [6, 6.07) is 32.0. The van der Waals surface area contributed by atoms with Gasteiger partial charge in [0.2, 0.25) is 5.16 Å². The summed E-state index contributed by atoms with van der Waals surface area (Å²) in [7, 11) is 3.11. The number of rotatable bonds is 13. The maximum absolute atomic E-state index is 12.8. The van der Waals surface area contributed by atoms with Gasteiger partial charge in [-0.05, 0) is 49.9 Å². The standard InChI is InChI=1S/C38H40N6O6S/c1-44-38(41-42-43-44)51-24-32-21-34(29-13-11-26(23-45)12-14-29)50-36(49-32)30-17-15-28(16-18-30)31-10-6-9-27(19-31)22-39-37(47)40-33(35(46)48-2)20-25-7-4-3-5-8-25/h3-19,32-34,36,45H,20-24H2,1-2H3,(H2,39,40,47)/t32-,33-,34+,36+/m0/s1. The smallest absolute Gasteiger partial charge is 0.328 e. The molecule has 13 heteroatoms. The van der Waals surface area contributed by atoms with Crippen molar-refractivity contribution in [1.82, 2.24) is 30.8 Å². The minimum absolute atomic E-state index is 0.0176. The fraction of sp³-hybridized carbons (Fsp3) is 0.289. The lowest BCUT2D eigenvalue weighted by Gasteiger charge is -2.36. The number of ether oxygens (including phenoxy) is 3. The maximum Gasteiger partial charge on any atom is 0.328 e. The number of methoxy groups -OCH3 is 1. The Labute approximate surface area is 300 Å². The Balaban J connectivity index is 1.10. The van der Waals surface area contributed by atoms with E-state index in [9.17, 15) is 14.7 Å². The van der Waals surface area contributed by atoms with Gasteiger partial charge in [0, 0.05) is 37.8 Å².